The minimum Gasteiger partial charge on any atom is -0.493 e. The summed E-state index contributed by atoms with van der Waals surface area (Å²) in [7, 11) is 0. The molecule has 158 valence electrons. The quantitative estimate of drug-likeness (QED) is 0.364. The molecule has 2 rings (SSSR count). The molecule has 0 saturated carbocycles. The SMILES string of the molecule is CCOc1ccccc1C(=O)NCC(=O)OCC(=O)Nc1ccc(C)cc1[N+](=O)[O-]. The highest BCUT2D eigenvalue weighted by atomic mass is 16.6. The van der Waals surface area contributed by atoms with E-state index in [0.717, 1.165) is 0 Å². The fourth-order valence-electron chi connectivity index (χ4n) is 2.47. The highest BCUT2D eigenvalue weighted by Crippen LogP contribution is 2.25. The third kappa shape index (κ3) is 6.30. The van der Waals surface area contributed by atoms with Gasteiger partial charge in [-0.15, -0.1) is 0 Å². The predicted molar refractivity (Wildman–Crippen MR) is 107 cm³/mol. The Morgan fingerprint density at radius 1 is 1.13 bits per heavy atom. The van der Waals surface area contributed by atoms with Gasteiger partial charge in [0.25, 0.3) is 17.5 Å². The van der Waals surface area contributed by atoms with Crippen molar-refractivity contribution in [3.63, 3.8) is 0 Å². The second-order valence-corrected chi connectivity index (χ2v) is 6.10. The lowest BCUT2D eigenvalue weighted by atomic mass is 10.2. The second kappa shape index (κ2) is 10.6. The van der Waals surface area contributed by atoms with Gasteiger partial charge in [-0.25, -0.2) is 0 Å². The zero-order chi connectivity index (χ0) is 22.1. The van der Waals surface area contributed by atoms with Crippen molar-refractivity contribution in [2.45, 2.75) is 13.8 Å². The van der Waals surface area contributed by atoms with Crippen molar-refractivity contribution in [3.05, 3.63) is 63.7 Å². The number of nitrogens with one attached hydrogen (secondary N) is 2. The molecule has 0 aromatic heterocycles. The van der Waals surface area contributed by atoms with Crippen LogP contribution >= 0.6 is 0 Å². The van der Waals surface area contributed by atoms with Gasteiger partial charge in [-0.1, -0.05) is 18.2 Å². The summed E-state index contributed by atoms with van der Waals surface area (Å²) >= 11 is 0. The number of nitrogens with zero attached hydrogens (tertiary/aromatic N) is 1. The maximum absolute atomic E-state index is 12.2. The highest BCUT2D eigenvalue weighted by molar-refractivity contribution is 5.99. The molecule has 0 radical (unpaired) electrons. The van der Waals surface area contributed by atoms with Gasteiger partial charge < -0.3 is 20.1 Å². The van der Waals surface area contributed by atoms with E-state index < -0.39 is 35.9 Å². The van der Waals surface area contributed by atoms with Crippen molar-refractivity contribution in [1.82, 2.24) is 5.32 Å². The molecule has 30 heavy (non-hydrogen) atoms. The van der Waals surface area contributed by atoms with Gasteiger partial charge in [0.1, 0.15) is 18.0 Å². The molecule has 0 aliphatic carbocycles. The standard InChI is InChI=1S/C20H21N3O7/c1-3-29-17-7-5-4-6-14(17)20(26)21-11-19(25)30-12-18(24)22-15-9-8-13(2)10-16(15)23(27)28/h4-10H,3,11-12H2,1-2H3,(H,21,26)(H,22,24). The summed E-state index contributed by atoms with van der Waals surface area (Å²) in [5.41, 5.74) is 0.645. The number of anilines is 1. The van der Waals surface area contributed by atoms with E-state index in [-0.39, 0.29) is 16.9 Å². The topological polar surface area (TPSA) is 137 Å². The van der Waals surface area contributed by atoms with Gasteiger partial charge in [0.2, 0.25) is 0 Å². The first-order valence-corrected chi connectivity index (χ1v) is 9.02. The van der Waals surface area contributed by atoms with E-state index in [1.165, 1.54) is 12.1 Å². The fourth-order valence-corrected chi connectivity index (χ4v) is 2.47. The van der Waals surface area contributed by atoms with Crippen LogP contribution in [-0.2, 0) is 14.3 Å². The molecule has 0 fully saturated rings. The van der Waals surface area contributed by atoms with E-state index >= 15 is 0 Å². The molecule has 2 amide bonds. The molecule has 0 atom stereocenters. The molecule has 0 aliphatic heterocycles. The number of nitro benzene ring substituents is 1. The van der Waals surface area contributed by atoms with E-state index in [1.54, 1.807) is 44.2 Å². The molecule has 10 heteroatoms. The fraction of sp³-hybridized carbons (Fsp3) is 0.250. The van der Waals surface area contributed by atoms with E-state index in [1.807, 2.05) is 0 Å². The monoisotopic (exact) mass is 415 g/mol. The van der Waals surface area contributed by atoms with Crippen LogP contribution in [0.25, 0.3) is 0 Å². The summed E-state index contributed by atoms with van der Waals surface area (Å²) in [6.07, 6.45) is 0. The molecule has 2 aromatic rings. The summed E-state index contributed by atoms with van der Waals surface area (Å²) in [6, 6.07) is 10.9. The molecule has 2 N–H and O–H groups in total. The molecular formula is C20H21N3O7. The number of esters is 1. The van der Waals surface area contributed by atoms with Crippen LogP contribution in [0.4, 0.5) is 11.4 Å². The van der Waals surface area contributed by atoms with E-state index in [2.05, 4.69) is 10.6 Å². The maximum atomic E-state index is 12.2. The summed E-state index contributed by atoms with van der Waals surface area (Å²) in [6.45, 7) is 2.72. The first-order valence-electron chi connectivity index (χ1n) is 9.02. The number of aryl methyl sites for hydroxylation is 1. The number of carbonyl (C=O) groups excluding carboxylic acids is 3. The van der Waals surface area contributed by atoms with Crippen molar-refractivity contribution in [2.75, 3.05) is 25.1 Å². The molecule has 0 bridgehead atoms. The number of hydrogen-bond acceptors (Lipinski definition) is 7. The van der Waals surface area contributed by atoms with E-state index in [4.69, 9.17) is 9.47 Å². The van der Waals surface area contributed by atoms with Crippen LogP contribution < -0.4 is 15.4 Å². The molecule has 10 nitrogen and oxygen atoms in total. The van der Waals surface area contributed by atoms with Crippen LogP contribution in [0.1, 0.15) is 22.8 Å². The van der Waals surface area contributed by atoms with Crippen LogP contribution in [0.5, 0.6) is 5.75 Å². The largest absolute Gasteiger partial charge is 0.493 e. The Kier molecular flexibility index (Phi) is 7.86. The van der Waals surface area contributed by atoms with Crippen LogP contribution in [0, 0.1) is 17.0 Å². The zero-order valence-corrected chi connectivity index (χ0v) is 16.5. The number of ether oxygens (including phenoxy) is 2. The average Bonchev–Trinajstić information content (AvgIpc) is 2.72. The minimum atomic E-state index is -0.842. The maximum Gasteiger partial charge on any atom is 0.325 e. The van der Waals surface area contributed by atoms with Gasteiger partial charge >= 0.3 is 5.97 Å². The lowest BCUT2D eigenvalue weighted by Crippen LogP contribution is -2.32. The molecule has 0 heterocycles. The molecular weight excluding hydrogens is 394 g/mol. The smallest absolute Gasteiger partial charge is 0.325 e. The lowest BCUT2D eigenvalue weighted by Gasteiger charge is -2.10. The first kappa shape index (κ1) is 22.3. The Hall–Kier alpha value is -3.95. The molecule has 0 spiro atoms. The van der Waals surface area contributed by atoms with Gasteiger partial charge in [-0.05, 0) is 37.6 Å². The molecule has 0 aliphatic rings. The van der Waals surface area contributed by atoms with Crippen molar-refractivity contribution in [3.8, 4) is 5.75 Å². The number of nitro groups is 1. The zero-order valence-electron chi connectivity index (χ0n) is 16.5. The summed E-state index contributed by atoms with van der Waals surface area (Å²) in [4.78, 5) is 46.4. The van der Waals surface area contributed by atoms with Crippen molar-refractivity contribution < 1.29 is 28.8 Å². The van der Waals surface area contributed by atoms with Crippen molar-refractivity contribution in [1.29, 1.82) is 0 Å². The Morgan fingerprint density at radius 2 is 1.87 bits per heavy atom. The predicted octanol–water partition coefficient (Wildman–Crippen LogP) is 2.21. The van der Waals surface area contributed by atoms with E-state index in [9.17, 15) is 24.5 Å². The number of amides is 2. The Morgan fingerprint density at radius 3 is 2.57 bits per heavy atom. The average molecular weight is 415 g/mol. The van der Waals surface area contributed by atoms with Crippen LogP contribution in [-0.4, -0.2) is 42.5 Å². The van der Waals surface area contributed by atoms with Crippen LogP contribution in [0.15, 0.2) is 42.5 Å². The van der Waals surface area contributed by atoms with E-state index in [0.29, 0.717) is 17.9 Å². The number of benzene rings is 2. The number of carbonyl (C=O) groups is 3. The summed E-state index contributed by atoms with van der Waals surface area (Å²) in [5.74, 6) is -1.74. The van der Waals surface area contributed by atoms with Gasteiger partial charge in [-0.3, -0.25) is 24.5 Å². The molecule has 0 unspecified atom stereocenters. The number of rotatable bonds is 9. The van der Waals surface area contributed by atoms with Gasteiger partial charge in [0.05, 0.1) is 17.1 Å². The number of para-hydroxylation sites is 1. The Labute approximate surface area is 172 Å². The van der Waals surface area contributed by atoms with Crippen LogP contribution in [0.3, 0.4) is 0 Å². The second-order valence-electron chi connectivity index (χ2n) is 6.10. The Balaban J connectivity index is 1.85. The first-order chi connectivity index (χ1) is 14.3. The van der Waals surface area contributed by atoms with Crippen LogP contribution in [0.2, 0.25) is 0 Å². The third-order valence-electron chi connectivity index (χ3n) is 3.81. The highest BCUT2D eigenvalue weighted by Gasteiger charge is 2.18. The molecule has 2 aromatic carbocycles. The van der Waals surface area contributed by atoms with Gasteiger partial charge in [0.15, 0.2) is 6.61 Å². The van der Waals surface area contributed by atoms with Crippen molar-refractivity contribution >= 4 is 29.2 Å². The summed E-state index contributed by atoms with van der Waals surface area (Å²) in [5, 5.41) is 15.8. The minimum absolute atomic E-state index is 0.00696. The van der Waals surface area contributed by atoms with Gasteiger partial charge in [-0.2, -0.15) is 0 Å². The summed E-state index contributed by atoms with van der Waals surface area (Å²) < 4.78 is 10.2. The number of hydrogen-bond donors (Lipinski definition) is 2. The lowest BCUT2D eigenvalue weighted by molar-refractivity contribution is -0.384. The Bertz CT molecular complexity index is 959. The normalized spacial score (nSPS) is 10.1. The van der Waals surface area contributed by atoms with Gasteiger partial charge in [0, 0.05) is 6.07 Å². The van der Waals surface area contributed by atoms with Crippen molar-refractivity contribution in [2.24, 2.45) is 0 Å². The third-order valence-corrected chi connectivity index (χ3v) is 3.81. The molecule has 0 saturated heterocycles.